The molecule has 0 aliphatic carbocycles. The zero-order valence-electron chi connectivity index (χ0n) is 18.3. The first-order valence-corrected chi connectivity index (χ1v) is 13.5. The van der Waals surface area contributed by atoms with Crippen LogP contribution in [-0.2, 0) is 14.3 Å². The molecule has 2 aliphatic heterocycles. The number of ether oxygens (including phenoxy) is 1. The lowest BCUT2D eigenvalue weighted by molar-refractivity contribution is -0.153. The van der Waals surface area contributed by atoms with E-state index in [0.717, 1.165) is 26.9 Å². The lowest BCUT2D eigenvalue weighted by Crippen LogP contribution is -2.68. The molecule has 2 unspecified atom stereocenters. The van der Waals surface area contributed by atoms with Crippen LogP contribution in [0.5, 0.6) is 0 Å². The van der Waals surface area contributed by atoms with Gasteiger partial charge in [0.25, 0.3) is 0 Å². The minimum absolute atomic E-state index is 0.250. The number of aromatic nitrogens is 2. The fourth-order valence-corrected chi connectivity index (χ4v) is 6.99. The quantitative estimate of drug-likeness (QED) is 0.291. The Hall–Kier alpha value is -2.66. The predicted molar refractivity (Wildman–Crippen MR) is 134 cm³/mol. The summed E-state index contributed by atoms with van der Waals surface area (Å²) in [6.45, 7) is 1.84. The van der Waals surface area contributed by atoms with Crippen molar-refractivity contribution < 1.29 is 14.3 Å². The number of β-lactam (4-membered cyclic amide) rings is 1. The molecule has 0 radical (unpaired) electrons. The molecule has 1 saturated heterocycles. The Kier molecular flexibility index (Phi) is 6.73. The highest BCUT2D eigenvalue weighted by Crippen LogP contribution is 2.42. The highest BCUT2D eigenvalue weighted by atomic mass is 32.2. The summed E-state index contributed by atoms with van der Waals surface area (Å²) in [7, 11) is 0. The maximum Gasteiger partial charge on any atom is 0.356 e. The Balaban J connectivity index is 1.47. The summed E-state index contributed by atoms with van der Waals surface area (Å²) < 4.78 is 11.1. The molecule has 3 heterocycles. The molecule has 1 fully saturated rings. The van der Waals surface area contributed by atoms with Gasteiger partial charge in [-0.05, 0) is 35.2 Å². The Morgan fingerprint density at radius 2 is 1.82 bits per heavy atom. The summed E-state index contributed by atoms with van der Waals surface area (Å²) in [6.07, 6.45) is -0.597. The van der Waals surface area contributed by atoms with Crippen LogP contribution in [0.3, 0.4) is 0 Å². The van der Waals surface area contributed by atoms with Gasteiger partial charge in [0.1, 0.15) is 22.9 Å². The number of amides is 1. The van der Waals surface area contributed by atoms with Gasteiger partial charge < -0.3 is 10.5 Å². The van der Waals surface area contributed by atoms with Crippen molar-refractivity contribution in [2.45, 2.75) is 28.8 Å². The van der Waals surface area contributed by atoms with Gasteiger partial charge in [-0.15, -0.1) is 11.8 Å². The zero-order chi connectivity index (χ0) is 23.7. The van der Waals surface area contributed by atoms with Gasteiger partial charge in [-0.3, -0.25) is 9.69 Å². The first-order valence-electron chi connectivity index (χ1n) is 10.7. The first-order chi connectivity index (χ1) is 16.5. The van der Waals surface area contributed by atoms with Gasteiger partial charge in [0, 0.05) is 11.5 Å². The number of carbonyl (C=O) groups excluding carboxylic acids is 2. The fraction of sp³-hybridized carbons (Fsp3) is 0.250. The summed E-state index contributed by atoms with van der Waals surface area (Å²) in [4.78, 5) is 32.2. The smallest absolute Gasteiger partial charge is 0.356 e. The van der Waals surface area contributed by atoms with E-state index in [1.807, 2.05) is 67.6 Å². The van der Waals surface area contributed by atoms with Crippen molar-refractivity contribution in [2.75, 3.05) is 11.5 Å². The van der Waals surface area contributed by atoms with E-state index in [-0.39, 0.29) is 11.3 Å². The largest absolute Gasteiger partial charge is 0.448 e. The summed E-state index contributed by atoms with van der Waals surface area (Å²) in [6, 6.07) is 18.6. The number of nitrogens with zero attached hydrogens (tertiary/aromatic N) is 3. The number of esters is 1. The Bertz CT molecular complexity index is 1190. The molecule has 5 rings (SSSR count). The maximum atomic E-state index is 13.7. The van der Waals surface area contributed by atoms with Crippen LogP contribution >= 0.6 is 35.1 Å². The Labute approximate surface area is 209 Å². The van der Waals surface area contributed by atoms with Gasteiger partial charge in [0.15, 0.2) is 10.4 Å². The molecule has 174 valence electrons. The SMILES string of the molecule is Cc1nsc(SCC2=C(C(=O)OC(c3ccccc3)c3ccccc3)N3C(=O)C(N)C3SC2)n1. The van der Waals surface area contributed by atoms with Crippen molar-refractivity contribution in [2.24, 2.45) is 5.73 Å². The Morgan fingerprint density at radius 1 is 1.18 bits per heavy atom. The van der Waals surface area contributed by atoms with Crippen LogP contribution in [0.1, 0.15) is 23.1 Å². The normalized spacial score (nSPS) is 19.7. The third-order valence-corrected chi connectivity index (χ3v) is 8.96. The molecule has 2 aromatic carbocycles. The van der Waals surface area contributed by atoms with Crippen molar-refractivity contribution in [1.29, 1.82) is 0 Å². The monoisotopic (exact) mass is 510 g/mol. The van der Waals surface area contributed by atoms with Crippen molar-refractivity contribution in [3.05, 3.63) is 88.9 Å². The van der Waals surface area contributed by atoms with Crippen molar-refractivity contribution >= 4 is 46.9 Å². The molecule has 1 amide bonds. The lowest BCUT2D eigenvalue weighted by Gasteiger charge is -2.48. The van der Waals surface area contributed by atoms with Crippen molar-refractivity contribution in [3.8, 4) is 0 Å². The minimum Gasteiger partial charge on any atom is -0.448 e. The molecule has 2 aliphatic rings. The molecule has 10 heteroatoms. The molecule has 0 spiro atoms. The molecular formula is C24H22N4O3S3. The van der Waals surface area contributed by atoms with E-state index in [9.17, 15) is 9.59 Å². The van der Waals surface area contributed by atoms with Crippen LogP contribution < -0.4 is 5.73 Å². The zero-order valence-corrected chi connectivity index (χ0v) is 20.7. The number of aryl methyl sites for hydroxylation is 1. The number of hydrogen-bond acceptors (Lipinski definition) is 9. The van der Waals surface area contributed by atoms with Crippen LogP contribution in [0.4, 0.5) is 0 Å². The maximum absolute atomic E-state index is 13.7. The average molecular weight is 511 g/mol. The number of carbonyl (C=O) groups is 2. The molecule has 34 heavy (non-hydrogen) atoms. The fourth-order valence-electron chi connectivity index (χ4n) is 3.91. The highest BCUT2D eigenvalue weighted by Gasteiger charge is 2.52. The topological polar surface area (TPSA) is 98.4 Å². The molecule has 2 atom stereocenters. The van der Waals surface area contributed by atoms with Crippen LogP contribution in [0.2, 0.25) is 0 Å². The average Bonchev–Trinajstić information content (AvgIpc) is 3.30. The van der Waals surface area contributed by atoms with E-state index >= 15 is 0 Å². The summed E-state index contributed by atoms with van der Waals surface area (Å²) in [5, 5.41) is -0.250. The van der Waals surface area contributed by atoms with Gasteiger partial charge in [0.05, 0.1) is 0 Å². The number of hydrogen-bond donors (Lipinski definition) is 1. The summed E-state index contributed by atoms with van der Waals surface area (Å²) in [5.41, 5.74) is 8.89. The summed E-state index contributed by atoms with van der Waals surface area (Å²) >= 11 is 4.41. The van der Waals surface area contributed by atoms with E-state index in [1.165, 1.54) is 28.2 Å². The number of rotatable bonds is 7. The van der Waals surface area contributed by atoms with Crippen LogP contribution in [0.15, 0.2) is 76.3 Å². The number of benzene rings is 2. The van der Waals surface area contributed by atoms with Crippen molar-refractivity contribution in [1.82, 2.24) is 14.3 Å². The second-order valence-electron chi connectivity index (χ2n) is 7.89. The number of thioether (sulfide) groups is 2. The second-order valence-corrected chi connectivity index (χ2v) is 11.0. The second kappa shape index (κ2) is 9.91. The van der Waals surface area contributed by atoms with Crippen LogP contribution in [-0.4, -0.2) is 49.1 Å². The highest BCUT2D eigenvalue weighted by molar-refractivity contribution is 8.01. The first kappa shape index (κ1) is 23.1. The third kappa shape index (κ3) is 4.50. The van der Waals surface area contributed by atoms with Gasteiger partial charge in [-0.25, -0.2) is 9.78 Å². The van der Waals surface area contributed by atoms with E-state index in [0.29, 0.717) is 17.2 Å². The van der Waals surface area contributed by atoms with Crippen LogP contribution in [0.25, 0.3) is 0 Å². The molecule has 3 aromatic rings. The minimum atomic E-state index is -0.605. The number of fused-ring (bicyclic) bond motifs is 1. The van der Waals surface area contributed by atoms with Gasteiger partial charge in [-0.1, -0.05) is 72.4 Å². The van der Waals surface area contributed by atoms with E-state index < -0.39 is 18.1 Å². The molecule has 0 saturated carbocycles. The molecule has 2 N–H and O–H groups in total. The van der Waals surface area contributed by atoms with Gasteiger partial charge in [-0.2, -0.15) is 4.37 Å². The van der Waals surface area contributed by atoms with Gasteiger partial charge in [0.2, 0.25) is 5.91 Å². The Morgan fingerprint density at radius 3 is 2.41 bits per heavy atom. The molecule has 0 bridgehead atoms. The van der Waals surface area contributed by atoms with E-state index in [2.05, 4.69) is 9.36 Å². The molecule has 7 nitrogen and oxygen atoms in total. The van der Waals surface area contributed by atoms with Crippen LogP contribution in [0, 0.1) is 6.92 Å². The standard InChI is InChI=1S/C24H22N4O3S3/c1-14-26-24(34-27-14)33-13-17-12-32-22-18(25)21(29)28(22)19(17)23(30)31-20(15-8-4-2-5-9-15)16-10-6-3-7-11-16/h2-11,18,20,22H,12-13,25H2,1H3. The lowest BCUT2D eigenvalue weighted by atomic mass is 10.0. The van der Waals surface area contributed by atoms with E-state index in [1.54, 1.807) is 11.8 Å². The van der Waals surface area contributed by atoms with Gasteiger partial charge >= 0.3 is 5.97 Å². The van der Waals surface area contributed by atoms with E-state index in [4.69, 9.17) is 10.5 Å². The third-order valence-electron chi connectivity index (χ3n) is 5.59. The molecule has 1 aromatic heterocycles. The molecular weight excluding hydrogens is 488 g/mol. The summed E-state index contributed by atoms with van der Waals surface area (Å²) in [5.74, 6) is 1.05. The predicted octanol–water partition coefficient (Wildman–Crippen LogP) is 3.77. The number of nitrogens with two attached hydrogens (primary N) is 1. The van der Waals surface area contributed by atoms with Crippen molar-refractivity contribution in [3.63, 3.8) is 0 Å².